The zero-order valence-electron chi connectivity index (χ0n) is 17.9. The van der Waals surface area contributed by atoms with Crippen LogP contribution in [0.15, 0.2) is 53.4 Å². The Morgan fingerprint density at radius 1 is 1.26 bits per heavy atom. The van der Waals surface area contributed by atoms with Gasteiger partial charge in [0, 0.05) is 19.1 Å². The normalized spacial score (nSPS) is 18.4. The number of nitrogens with one attached hydrogen (secondary N) is 1. The highest BCUT2D eigenvalue weighted by Crippen LogP contribution is 2.30. The highest BCUT2D eigenvalue weighted by molar-refractivity contribution is 7.89. The van der Waals surface area contributed by atoms with Crippen molar-refractivity contribution in [1.29, 1.82) is 0 Å². The summed E-state index contributed by atoms with van der Waals surface area (Å²) in [6.07, 6.45) is 3.02. The van der Waals surface area contributed by atoms with Gasteiger partial charge in [-0.15, -0.1) is 0 Å². The van der Waals surface area contributed by atoms with E-state index in [4.69, 9.17) is 16.3 Å². The Morgan fingerprint density at radius 3 is 2.68 bits per heavy atom. The summed E-state index contributed by atoms with van der Waals surface area (Å²) in [5.41, 5.74) is 1.23. The fraction of sp³-hybridized carbons (Fsp3) is 0.435. The number of rotatable bonds is 8. The fourth-order valence-corrected chi connectivity index (χ4v) is 5.67. The lowest BCUT2D eigenvalue weighted by atomic mass is 9.98. The molecular formula is C23H29ClN2O4S. The summed E-state index contributed by atoms with van der Waals surface area (Å²) in [6.45, 7) is 2.54. The van der Waals surface area contributed by atoms with Crippen molar-refractivity contribution >= 4 is 27.5 Å². The topological polar surface area (TPSA) is 75.7 Å². The average Bonchev–Trinajstić information content (AvgIpc) is 2.78. The van der Waals surface area contributed by atoms with Crippen LogP contribution in [0.3, 0.4) is 0 Å². The van der Waals surface area contributed by atoms with Crippen LogP contribution in [-0.2, 0) is 21.2 Å². The molecule has 0 aliphatic carbocycles. The zero-order chi connectivity index (χ0) is 22.4. The minimum Gasteiger partial charge on any atom is -0.495 e. The van der Waals surface area contributed by atoms with Gasteiger partial charge in [-0.25, -0.2) is 8.42 Å². The number of carbonyl (C=O) groups is 1. The van der Waals surface area contributed by atoms with Gasteiger partial charge in [0.25, 0.3) is 0 Å². The van der Waals surface area contributed by atoms with E-state index in [1.807, 2.05) is 25.1 Å². The van der Waals surface area contributed by atoms with Crippen molar-refractivity contribution in [3.63, 3.8) is 0 Å². The van der Waals surface area contributed by atoms with E-state index in [-0.39, 0.29) is 34.3 Å². The maximum absolute atomic E-state index is 13.1. The van der Waals surface area contributed by atoms with E-state index >= 15 is 0 Å². The number of nitrogens with zero attached hydrogens (tertiary/aromatic N) is 1. The number of aryl methyl sites for hydroxylation is 1. The molecule has 1 saturated heterocycles. The van der Waals surface area contributed by atoms with Gasteiger partial charge >= 0.3 is 0 Å². The molecule has 2 aromatic rings. The first-order chi connectivity index (χ1) is 14.8. The van der Waals surface area contributed by atoms with Crippen LogP contribution < -0.4 is 10.1 Å². The Morgan fingerprint density at radius 2 is 2.00 bits per heavy atom. The maximum Gasteiger partial charge on any atom is 0.243 e. The van der Waals surface area contributed by atoms with Crippen LogP contribution in [-0.4, -0.2) is 44.9 Å². The van der Waals surface area contributed by atoms with E-state index in [0.717, 1.165) is 12.8 Å². The summed E-state index contributed by atoms with van der Waals surface area (Å²) in [7, 11) is -2.26. The lowest BCUT2D eigenvalue weighted by molar-refractivity contribution is -0.126. The summed E-state index contributed by atoms with van der Waals surface area (Å²) in [5, 5.41) is 3.30. The van der Waals surface area contributed by atoms with Gasteiger partial charge in [0.15, 0.2) is 0 Å². The van der Waals surface area contributed by atoms with Crippen molar-refractivity contribution in [1.82, 2.24) is 9.62 Å². The Balaban J connectivity index is 1.60. The van der Waals surface area contributed by atoms with E-state index in [9.17, 15) is 13.2 Å². The second-order valence-electron chi connectivity index (χ2n) is 7.93. The van der Waals surface area contributed by atoms with Crippen molar-refractivity contribution in [2.75, 3.05) is 20.2 Å². The number of hydrogen-bond acceptors (Lipinski definition) is 4. The summed E-state index contributed by atoms with van der Waals surface area (Å²) in [6, 6.07) is 14.6. The number of methoxy groups -OCH3 is 1. The summed E-state index contributed by atoms with van der Waals surface area (Å²) < 4.78 is 32.6. The number of hydrogen-bond donors (Lipinski definition) is 1. The SMILES string of the molecule is COc1ccc(S(=O)(=O)N2CCC[C@@H](C(=O)N[C@H](C)CCc3ccccc3)C2)cc1Cl. The molecule has 31 heavy (non-hydrogen) atoms. The first-order valence-electron chi connectivity index (χ1n) is 10.5. The van der Waals surface area contributed by atoms with Crippen molar-refractivity contribution in [2.45, 2.75) is 43.5 Å². The maximum atomic E-state index is 13.1. The van der Waals surface area contributed by atoms with Crippen LogP contribution in [0, 0.1) is 5.92 Å². The smallest absolute Gasteiger partial charge is 0.243 e. The van der Waals surface area contributed by atoms with Gasteiger partial charge in [-0.05, 0) is 56.4 Å². The monoisotopic (exact) mass is 464 g/mol. The Kier molecular flexibility index (Phi) is 7.97. The molecule has 1 N–H and O–H groups in total. The molecule has 0 spiro atoms. The third kappa shape index (κ3) is 5.99. The lowest BCUT2D eigenvalue weighted by Crippen LogP contribution is -2.47. The first kappa shape index (κ1) is 23.6. The van der Waals surface area contributed by atoms with Gasteiger partial charge < -0.3 is 10.1 Å². The molecule has 6 nitrogen and oxygen atoms in total. The molecule has 0 unspecified atom stereocenters. The predicted molar refractivity (Wildman–Crippen MR) is 122 cm³/mol. The van der Waals surface area contributed by atoms with E-state index in [1.165, 1.54) is 35.2 Å². The van der Waals surface area contributed by atoms with Crippen molar-refractivity contribution in [3.05, 3.63) is 59.1 Å². The molecule has 1 heterocycles. The van der Waals surface area contributed by atoms with E-state index < -0.39 is 10.0 Å². The average molecular weight is 465 g/mol. The molecule has 1 aliphatic heterocycles. The molecule has 1 fully saturated rings. The molecule has 8 heteroatoms. The summed E-state index contributed by atoms with van der Waals surface area (Å²) >= 11 is 6.11. The number of halogens is 1. The second-order valence-corrected chi connectivity index (χ2v) is 10.3. The molecule has 0 radical (unpaired) electrons. The van der Waals surface area contributed by atoms with Crippen LogP contribution in [0.2, 0.25) is 5.02 Å². The number of carbonyl (C=O) groups excluding carboxylic acids is 1. The quantitative estimate of drug-likeness (QED) is 0.643. The molecule has 2 atom stereocenters. The van der Waals surface area contributed by atoms with Crippen molar-refractivity contribution in [3.8, 4) is 5.75 Å². The Bertz CT molecular complexity index is 998. The third-order valence-electron chi connectivity index (χ3n) is 5.61. The summed E-state index contributed by atoms with van der Waals surface area (Å²) in [5.74, 6) is -0.0364. The lowest BCUT2D eigenvalue weighted by Gasteiger charge is -2.32. The van der Waals surface area contributed by atoms with Gasteiger partial charge in [0.2, 0.25) is 15.9 Å². The molecule has 0 saturated carbocycles. The van der Waals surface area contributed by atoms with Gasteiger partial charge in [0.1, 0.15) is 5.75 Å². The van der Waals surface area contributed by atoms with Crippen LogP contribution in [0.1, 0.15) is 31.7 Å². The fourth-order valence-electron chi connectivity index (χ4n) is 3.79. The number of sulfonamides is 1. The molecular weight excluding hydrogens is 436 g/mol. The van der Waals surface area contributed by atoms with Crippen LogP contribution in [0.4, 0.5) is 0 Å². The first-order valence-corrected chi connectivity index (χ1v) is 12.3. The van der Waals surface area contributed by atoms with Crippen LogP contribution >= 0.6 is 11.6 Å². The van der Waals surface area contributed by atoms with E-state index in [2.05, 4.69) is 17.4 Å². The summed E-state index contributed by atoms with van der Waals surface area (Å²) in [4.78, 5) is 12.9. The Hall–Kier alpha value is -2.09. The Labute approximate surface area is 189 Å². The van der Waals surface area contributed by atoms with Crippen LogP contribution in [0.25, 0.3) is 0 Å². The van der Waals surface area contributed by atoms with Gasteiger partial charge in [-0.1, -0.05) is 41.9 Å². The molecule has 168 valence electrons. The minimum absolute atomic E-state index is 0.0140. The molecule has 1 amide bonds. The molecule has 0 bridgehead atoms. The number of benzene rings is 2. The van der Waals surface area contributed by atoms with Crippen molar-refractivity contribution in [2.24, 2.45) is 5.92 Å². The second kappa shape index (κ2) is 10.5. The highest BCUT2D eigenvalue weighted by Gasteiger charge is 2.34. The predicted octanol–water partition coefficient (Wildman–Crippen LogP) is 3.89. The third-order valence-corrected chi connectivity index (χ3v) is 7.77. The molecule has 0 aromatic heterocycles. The number of amides is 1. The van der Waals surface area contributed by atoms with Crippen molar-refractivity contribution < 1.29 is 17.9 Å². The number of ether oxygens (including phenoxy) is 1. The molecule has 2 aromatic carbocycles. The van der Waals surface area contributed by atoms with Gasteiger partial charge in [0.05, 0.1) is 22.9 Å². The number of piperidine rings is 1. The largest absolute Gasteiger partial charge is 0.495 e. The van der Waals surface area contributed by atoms with Gasteiger partial charge in [-0.3, -0.25) is 4.79 Å². The van der Waals surface area contributed by atoms with E-state index in [1.54, 1.807) is 0 Å². The molecule has 1 aliphatic rings. The highest BCUT2D eigenvalue weighted by atomic mass is 35.5. The minimum atomic E-state index is -3.74. The van der Waals surface area contributed by atoms with Crippen LogP contribution in [0.5, 0.6) is 5.75 Å². The molecule has 3 rings (SSSR count). The van der Waals surface area contributed by atoms with Gasteiger partial charge in [-0.2, -0.15) is 4.31 Å². The zero-order valence-corrected chi connectivity index (χ0v) is 19.5. The standard InChI is InChI=1S/C23H29ClN2O4S/c1-17(10-11-18-7-4-3-5-8-18)25-23(27)19-9-6-14-26(16-19)31(28,29)20-12-13-22(30-2)21(24)15-20/h3-5,7-8,12-13,15,17,19H,6,9-11,14,16H2,1-2H3,(H,25,27)/t17-,19-/m1/s1. The van der Waals surface area contributed by atoms with E-state index in [0.29, 0.717) is 25.1 Å².